The minimum atomic E-state index is -0.945. The van der Waals surface area contributed by atoms with Crippen LogP contribution in [0.25, 0.3) is 0 Å². The van der Waals surface area contributed by atoms with Crippen molar-refractivity contribution >= 4 is 17.6 Å². The molecule has 6 heteroatoms. The zero-order valence-electron chi connectivity index (χ0n) is 11.1. The van der Waals surface area contributed by atoms with Gasteiger partial charge in [0, 0.05) is 29.7 Å². The highest BCUT2D eigenvalue weighted by Gasteiger charge is 2.11. The minimum absolute atomic E-state index is 0.145. The van der Waals surface area contributed by atoms with Gasteiger partial charge in [0.1, 0.15) is 0 Å². The van der Waals surface area contributed by atoms with E-state index in [1.54, 1.807) is 12.4 Å². The molecule has 4 N–H and O–H groups in total. The molecule has 0 fully saturated rings. The lowest BCUT2D eigenvalue weighted by molar-refractivity contribution is -0.137. The normalized spacial score (nSPS) is 11.9. The molecule has 0 bridgehead atoms. The standard InChI is InChI=1S/C14H16N4O2/c1-9-4-2-3-5-12(9)18-14-16-7-10(8-17-14)11(15)6-13(19)20/h2-5,7-8,11H,6,15H2,1H3,(H,19,20)(H,16,17,18)/t11-/m0/s1. The average molecular weight is 272 g/mol. The molecule has 0 radical (unpaired) electrons. The molecule has 0 unspecified atom stereocenters. The molecule has 0 saturated heterocycles. The first-order chi connectivity index (χ1) is 9.56. The number of hydrogen-bond acceptors (Lipinski definition) is 5. The number of carbonyl (C=O) groups is 1. The van der Waals surface area contributed by atoms with Gasteiger partial charge in [0.25, 0.3) is 0 Å². The highest BCUT2D eigenvalue weighted by atomic mass is 16.4. The Kier molecular flexibility index (Phi) is 4.27. The molecule has 0 aliphatic rings. The smallest absolute Gasteiger partial charge is 0.305 e. The fraction of sp³-hybridized carbons (Fsp3) is 0.214. The molecule has 1 atom stereocenters. The van der Waals surface area contributed by atoms with E-state index < -0.39 is 12.0 Å². The fourth-order valence-corrected chi connectivity index (χ4v) is 1.73. The van der Waals surface area contributed by atoms with Crippen LogP contribution in [0.1, 0.15) is 23.6 Å². The van der Waals surface area contributed by atoms with Crippen LogP contribution in [-0.2, 0) is 4.79 Å². The zero-order valence-corrected chi connectivity index (χ0v) is 11.1. The summed E-state index contributed by atoms with van der Waals surface area (Å²) in [4.78, 5) is 18.9. The van der Waals surface area contributed by atoms with Crippen LogP contribution in [0.15, 0.2) is 36.7 Å². The highest BCUT2D eigenvalue weighted by Crippen LogP contribution is 2.18. The molecule has 1 aromatic heterocycles. The first-order valence-electron chi connectivity index (χ1n) is 6.18. The molecule has 0 amide bonds. The van der Waals surface area contributed by atoms with Crippen LogP contribution >= 0.6 is 0 Å². The van der Waals surface area contributed by atoms with Gasteiger partial charge in [-0.1, -0.05) is 18.2 Å². The van der Waals surface area contributed by atoms with Crippen molar-refractivity contribution < 1.29 is 9.90 Å². The number of nitrogens with zero attached hydrogens (tertiary/aromatic N) is 2. The van der Waals surface area contributed by atoms with Gasteiger partial charge in [0.15, 0.2) is 0 Å². The monoisotopic (exact) mass is 272 g/mol. The van der Waals surface area contributed by atoms with Crippen molar-refractivity contribution in [3.8, 4) is 0 Å². The number of para-hydroxylation sites is 1. The van der Waals surface area contributed by atoms with Gasteiger partial charge < -0.3 is 16.2 Å². The summed E-state index contributed by atoms with van der Waals surface area (Å²) in [5.41, 5.74) is 8.35. The van der Waals surface area contributed by atoms with E-state index in [9.17, 15) is 4.79 Å². The van der Waals surface area contributed by atoms with Crippen molar-refractivity contribution in [3.05, 3.63) is 47.8 Å². The molecule has 6 nitrogen and oxygen atoms in total. The van der Waals surface area contributed by atoms with Crippen molar-refractivity contribution in [2.75, 3.05) is 5.32 Å². The number of nitrogens with one attached hydrogen (secondary N) is 1. The van der Waals surface area contributed by atoms with E-state index in [2.05, 4.69) is 15.3 Å². The molecular weight excluding hydrogens is 256 g/mol. The van der Waals surface area contributed by atoms with Gasteiger partial charge in [-0.05, 0) is 18.6 Å². The Hall–Kier alpha value is -2.47. The summed E-state index contributed by atoms with van der Waals surface area (Å²) in [7, 11) is 0. The van der Waals surface area contributed by atoms with Crippen molar-refractivity contribution in [3.63, 3.8) is 0 Å². The first kappa shape index (κ1) is 14.0. The third-order valence-corrected chi connectivity index (χ3v) is 2.89. The second-order valence-corrected chi connectivity index (χ2v) is 4.48. The topological polar surface area (TPSA) is 101 Å². The van der Waals surface area contributed by atoms with Crippen LogP contribution < -0.4 is 11.1 Å². The molecule has 104 valence electrons. The molecule has 2 rings (SSSR count). The summed E-state index contributed by atoms with van der Waals surface area (Å²) in [5, 5.41) is 11.8. The number of anilines is 2. The lowest BCUT2D eigenvalue weighted by Gasteiger charge is -2.10. The van der Waals surface area contributed by atoms with Crippen LogP contribution in [0.3, 0.4) is 0 Å². The van der Waals surface area contributed by atoms with Gasteiger partial charge in [-0.15, -0.1) is 0 Å². The summed E-state index contributed by atoms with van der Waals surface area (Å²) in [6.07, 6.45) is 2.94. The second-order valence-electron chi connectivity index (χ2n) is 4.48. The van der Waals surface area contributed by atoms with Crippen LogP contribution in [-0.4, -0.2) is 21.0 Å². The summed E-state index contributed by atoms with van der Waals surface area (Å²) in [6.45, 7) is 1.99. The maximum atomic E-state index is 10.6. The Morgan fingerprint density at radius 3 is 2.60 bits per heavy atom. The maximum absolute atomic E-state index is 10.6. The Bertz CT molecular complexity index is 598. The van der Waals surface area contributed by atoms with Crippen molar-refractivity contribution in [1.29, 1.82) is 0 Å². The largest absolute Gasteiger partial charge is 0.481 e. The number of nitrogens with two attached hydrogens (primary N) is 1. The lowest BCUT2D eigenvalue weighted by atomic mass is 10.1. The molecule has 0 spiro atoms. The number of rotatable bonds is 5. The van der Waals surface area contributed by atoms with E-state index in [-0.39, 0.29) is 6.42 Å². The third-order valence-electron chi connectivity index (χ3n) is 2.89. The number of aliphatic carboxylic acids is 1. The van der Waals surface area contributed by atoms with Gasteiger partial charge in [-0.3, -0.25) is 4.79 Å². The Labute approximate surface area is 116 Å². The van der Waals surface area contributed by atoms with E-state index in [4.69, 9.17) is 10.8 Å². The molecule has 0 aliphatic carbocycles. The Balaban J connectivity index is 2.09. The van der Waals surface area contributed by atoms with Crippen LogP contribution in [0.4, 0.5) is 11.6 Å². The number of aromatic nitrogens is 2. The molecule has 1 heterocycles. The van der Waals surface area contributed by atoms with E-state index in [0.717, 1.165) is 11.3 Å². The Morgan fingerprint density at radius 2 is 2.00 bits per heavy atom. The van der Waals surface area contributed by atoms with E-state index >= 15 is 0 Å². The first-order valence-corrected chi connectivity index (χ1v) is 6.18. The molecular formula is C14H16N4O2. The summed E-state index contributed by atoms with van der Waals surface area (Å²) >= 11 is 0. The Morgan fingerprint density at radius 1 is 1.35 bits per heavy atom. The second kappa shape index (κ2) is 6.12. The number of carboxylic acids is 1. The predicted molar refractivity (Wildman–Crippen MR) is 75.7 cm³/mol. The van der Waals surface area contributed by atoms with Crippen molar-refractivity contribution in [1.82, 2.24) is 9.97 Å². The summed E-state index contributed by atoms with van der Waals surface area (Å²) in [6, 6.07) is 7.20. The summed E-state index contributed by atoms with van der Waals surface area (Å²) in [5.74, 6) is -0.495. The SMILES string of the molecule is Cc1ccccc1Nc1ncc([C@@H](N)CC(=O)O)cn1. The molecule has 0 aliphatic heterocycles. The fourth-order valence-electron chi connectivity index (χ4n) is 1.73. The van der Waals surface area contributed by atoms with Crippen LogP contribution in [0.5, 0.6) is 0 Å². The van der Waals surface area contributed by atoms with Gasteiger partial charge in [0.05, 0.1) is 6.42 Å². The van der Waals surface area contributed by atoms with E-state index in [1.807, 2.05) is 31.2 Å². The van der Waals surface area contributed by atoms with Gasteiger partial charge in [0.2, 0.25) is 5.95 Å². The van der Waals surface area contributed by atoms with E-state index in [0.29, 0.717) is 11.5 Å². The van der Waals surface area contributed by atoms with Crippen molar-refractivity contribution in [2.45, 2.75) is 19.4 Å². The number of carboxylic acid groups (broad SMARTS) is 1. The highest BCUT2D eigenvalue weighted by molar-refractivity contribution is 5.67. The average Bonchev–Trinajstić information content (AvgIpc) is 2.41. The molecule has 20 heavy (non-hydrogen) atoms. The van der Waals surface area contributed by atoms with Crippen LogP contribution in [0, 0.1) is 6.92 Å². The van der Waals surface area contributed by atoms with Crippen molar-refractivity contribution in [2.24, 2.45) is 5.73 Å². The number of benzene rings is 1. The maximum Gasteiger partial charge on any atom is 0.305 e. The summed E-state index contributed by atoms with van der Waals surface area (Å²) < 4.78 is 0. The molecule has 0 saturated carbocycles. The lowest BCUT2D eigenvalue weighted by Crippen LogP contribution is -2.15. The number of aryl methyl sites for hydroxylation is 1. The quantitative estimate of drug-likeness (QED) is 0.769. The van der Waals surface area contributed by atoms with Gasteiger partial charge >= 0.3 is 5.97 Å². The third kappa shape index (κ3) is 3.52. The van der Waals surface area contributed by atoms with Gasteiger partial charge in [-0.2, -0.15) is 0 Å². The molecule has 1 aromatic carbocycles. The number of hydrogen-bond donors (Lipinski definition) is 3. The predicted octanol–water partition coefficient (Wildman–Crippen LogP) is 2.00. The van der Waals surface area contributed by atoms with E-state index in [1.165, 1.54) is 0 Å². The molecule has 2 aromatic rings. The van der Waals surface area contributed by atoms with Crippen LogP contribution in [0.2, 0.25) is 0 Å². The minimum Gasteiger partial charge on any atom is -0.481 e. The van der Waals surface area contributed by atoms with Gasteiger partial charge in [-0.25, -0.2) is 9.97 Å². The zero-order chi connectivity index (χ0) is 14.5.